The van der Waals surface area contributed by atoms with E-state index in [1.807, 2.05) is 55.5 Å². The molecule has 0 aliphatic heterocycles. The summed E-state index contributed by atoms with van der Waals surface area (Å²) in [6.45, 7) is 11.1. The molecule has 0 bridgehead atoms. The van der Waals surface area contributed by atoms with Crippen molar-refractivity contribution in [1.29, 1.82) is 0 Å². The second kappa shape index (κ2) is 19.4. The van der Waals surface area contributed by atoms with Crippen LogP contribution >= 0.6 is 0 Å². The number of rotatable bonds is 8. The third-order valence-corrected chi connectivity index (χ3v) is 17.6. The van der Waals surface area contributed by atoms with Crippen molar-refractivity contribution in [3.8, 4) is 50.6 Å². The number of pyridine rings is 2. The van der Waals surface area contributed by atoms with E-state index in [1.165, 1.54) is 37.9 Å². The van der Waals surface area contributed by atoms with Gasteiger partial charge in [-0.05, 0) is 77.4 Å². The summed E-state index contributed by atoms with van der Waals surface area (Å²) in [5.74, 6) is 8.63. The molecule has 0 unspecified atom stereocenters. The SMILES string of the molecule is Cc1ccc2c(n1)oc1c(-c3nc4ccccc4n3-c3c(C(C)C)cc(-c4ccccc4)cc3C(C)C)[c-]ccc12.[CH3][Ge]([CH3])([CH3])[c]1cnc(-c2[c-]cccc2)cc1-c1cccc2c1oc1ccccc12.[Ir]. The molecule has 0 fully saturated rings. The van der Waals surface area contributed by atoms with Gasteiger partial charge >= 0.3 is 174 Å². The number of imidazole rings is 1. The van der Waals surface area contributed by atoms with Crippen LogP contribution in [0.25, 0.3) is 106 Å². The van der Waals surface area contributed by atoms with Crippen molar-refractivity contribution in [2.24, 2.45) is 0 Å². The van der Waals surface area contributed by atoms with Gasteiger partial charge < -0.3 is 8.98 Å². The average Bonchev–Trinajstić information content (AvgIpc) is 4.07. The largest absolute Gasteiger partial charge is 0 e. The summed E-state index contributed by atoms with van der Waals surface area (Å²) in [4.78, 5) is 14.7. The van der Waals surface area contributed by atoms with Crippen LogP contribution in [0, 0.1) is 19.1 Å². The molecular weight excluding hydrogens is 1110 g/mol. The summed E-state index contributed by atoms with van der Waals surface area (Å²) in [6, 6.07) is 63.7. The molecule has 6 nitrogen and oxygen atoms in total. The Balaban J connectivity index is 0.000000171. The second-order valence-electron chi connectivity index (χ2n) is 19.9. The number of hydrogen-bond acceptors (Lipinski definition) is 5. The molecule has 0 aliphatic carbocycles. The molecule has 0 saturated heterocycles. The van der Waals surface area contributed by atoms with Crippen LogP contribution in [-0.4, -0.2) is 32.8 Å². The van der Waals surface area contributed by atoms with Crippen LogP contribution in [0.5, 0.6) is 0 Å². The summed E-state index contributed by atoms with van der Waals surface area (Å²) in [5, 5.41) is 4.35. The van der Waals surface area contributed by atoms with E-state index in [0.29, 0.717) is 17.5 Å². The van der Waals surface area contributed by atoms with E-state index in [-0.39, 0.29) is 20.1 Å². The van der Waals surface area contributed by atoms with Crippen molar-refractivity contribution >= 4 is 72.7 Å². The zero-order valence-corrected chi connectivity index (χ0v) is 45.8. The first-order chi connectivity index (χ1) is 33.9. The molecule has 0 saturated carbocycles. The number of furan rings is 2. The number of hydrogen-bond donors (Lipinski definition) is 0. The Kier molecular flexibility index (Phi) is 13.0. The summed E-state index contributed by atoms with van der Waals surface area (Å²) >= 11 is -2.18. The zero-order chi connectivity index (χ0) is 48.3. The molecule has 71 heavy (non-hydrogen) atoms. The van der Waals surface area contributed by atoms with E-state index >= 15 is 0 Å². The number of aryl methyl sites for hydroxylation is 1. The van der Waals surface area contributed by atoms with Crippen molar-refractivity contribution in [2.75, 3.05) is 0 Å². The van der Waals surface area contributed by atoms with Gasteiger partial charge in [0.2, 0.25) is 5.71 Å². The van der Waals surface area contributed by atoms with E-state index in [0.717, 1.165) is 83.2 Å². The molecule has 0 aliphatic rings. The summed E-state index contributed by atoms with van der Waals surface area (Å²) in [7, 11) is 0. The van der Waals surface area contributed by atoms with Crippen molar-refractivity contribution in [3.63, 3.8) is 0 Å². The predicted octanol–water partition coefficient (Wildman–Crippen LogP) is 16.7. The monoisotopic (exact) mass is 1170 g/mol. The Morgan fingerprint density at radius 1 is 0.577 bits per heavy atom. The first-order valence-electron chi connectivity index (χ1n) is 24.2. The molecule has 0 N–H and O–H groups in total. The minimum Gasteiger partial charge on any atom is 0 e. The predicted molar refractivity (Wildman–Crippen MR) is 293 cm³/mol. The van der Waals surface area contributed by atoms with Gasteiger partial charge in [-0.2, -0.15) is 0 Å². The van der Waals surface area contributed by atoms with Gasteiger partial charge in [0, 0.05) is 36.9 Å². The van der Waals surface area contributed by atoms with Crippen molar-refractivity contribution in [3.05, 3.63) is 199 Å². The van der Waals surface area contributed by atoms with Crippen LogP contribution in [0.4, 0.5) is 0 Å². The van der Waals surface area contributed by atoms with Crippen molar-refractivity contribution in [1.82, 2.24) is 19.5 Å². The molecule has 353 valence electrons. The van der Waals surface area contributed by atoms with E-state index in [1.54, 1.807) is 0 Å². The number of nitrogens with zero attached hydrogens (tertiary/aromatic N) is 4. The van der Waals surface area contributed by atoms with Gasteiger partial charge in [0.05, 0.1) is 22.4 Å². The van der Waals surface area contributed by atoms with E-state index in [2.05, 4.69) is 188 Å². The van der Waals surface area contributed by atoms with E-state index in [4.69, 9.17) is 18.8 Å². The molecule has 0 atom stereocenters. The minimum absolute atomic E-state index is 0. The zero-order valence-electron chi connectivity index (χ0n) is 41.3. The maximum atomic E-state index is 6.44. The topological polar surface area (TPSA) is 69.9 Å². The molecule has 0 amide bonds. The van der Waals surface area contributed by atoms with Gasteiger partial charge in [0.15, 0.2) is 0 Å². The minimum atomic E-state index is -2.18. The molecular formula is C63H54GeIrN4O2-2. The summed E-state index contributed by atoms with van der Waals surface area (Å²) in [6.07, 6.45) is 2.09. The molecule has 5 aromatic heterocycles. The van der Waals surface area contributed by atoms with Gasteiger partial charge in [-0.3, -0.25) is 4.98 Å². The number of para-hydroxylation sites is 4. The van der Waals surface area contributed by atoms with Gasteiger partial charge in [-0.25, -0.2) is 4.98 Å². The Hall–Kier alpha value is -6.90. The van der Waals surface area contributed by atoms with Crippen LogP contribution in [0.15, 0.2) is 179 Å². The van der Waals surface area contributed by atoms with E-state index < -0.39 is 13.3 Å². The van der Waals surface area contributed by atoms with Crippen LogP contribution < -0.4 is 4.40 Å². The Morgan fingerprint density at radius 2 is 1.28 bits per heavy atom. The quantitative estimate of drug-likeness (QED) is 0.112. The molecule has 12 aromatic rings. The summed E-state index contributed by atoms with van der Waals surface area (Å²) in [5.41, 5.74) is 17.6. The third kappa shape index (κ3) is 8.86. The average molecular weight is 1160 g/mol. The first kappa shape index (κ1) is 47.8. The van der Waals surface area contributed by atoms with E-state index in [9.17, 15) is 0 Å². The summed E-state index contributed by atoms with van der Waals surface area (Å²) < 4.78 is 16.5. The molecule has 7 aromatic carbocycles. The number of fused-ring (bicyclic) bond motifs is 7. The Labute approximate surface area is 431 Å². The second-order valence-corrected chi connectivity index (χ2v) is 30.4. The van der Waals surface area contributed by atoms with Crippen LogP contribution in [0.1, 0.15) is 56.4 Å². The molecule has 8 heteroatoms. The first-order valence-corrected chi connectivity index (χ1v) is 31.6. The molecule has 1 radical (unpaired) electrons. The van der Waals surface area contributed by atoms with Crippen LogP contribution in [0.2, 0.25) is 17.3 Å². The number of aromatic nitrogens is 4. The van der Waals surface area contributed by atoms with Crippen molar-refractivity contribution < 1.29 is 28.9 Å². The Morgan fingerprint density at radius 3 is 2.03 bits per heavy atom. The fourth-order valence-corrected chi connectivity index (χ4v) is 12.9. The van der Waals surface area contributed by atoms with Crippen LogP contribution in [-0.2, 0) is 20.1 Å². The maximum absolute atomic E-state index is 6.44. The third-order valence-electron chi connectivity index (χ3n) is 13.4. The fourth-order valence-electron chi connectivity index (χ4n) is 9.85. The van der Waals surface area contributed by atoms with Gasteiger partial charge in [0.25, 0.3) is 0 Å². The smallest absolute Gasteiger partial charge is 0 e. The molecule has 5 heterocycles. The van der Waals surface area contributed by atoms with Crippen LogP contribution in [0.3, 0.4) is 0 Å². The standard InChI is InChI=1S/C37H32N3O.C26H22GeNO.Ir/c1-22(2)30-20-26(25-12-7-6-8-13-25)21-31(23(3)4)34(30)40-33-17-10-9-16-32(33)39-36(40)29-15-11-14-27-28-19-18-24(5)38-37(28)41-35(27)29;1-27(2,3)23-17-28-24(18-10-5-4-6-11-18)16-22(23)21-14-9-13-20-19-12-7-8-15-25(19)29-26(20)21;/h6-14,16-23H,1-5H3;4-10,12-17H,1-3H3;/q2*-1;. The molecule has 12 rings (SSSR count). The van der Waals surface area contributed by atoms with Gasteiger partial charge in [-0.1, -0.05) is 81.1 Å². The van der Waals surface area contributed by atoms with Gasteiger partial charge in [0.1, 0.15) is 0 Å². The van der Waals surface area contributed by atoms with Gasteiger partial charge in [-0.15, -0.1) is 18.2 Å². The maximum Gasteiger partial charge on any atom is 0 e. The number of benzene rings is 7. The van der Waals surface area contributed by atoms with Crippen molar-refractivity contribution in [2.45, 2.75) is 63.7 Å². The Bertz CT molecular complexity index is 3870. The normalized spacial score (nSPS) is 11.8. The molecule has 0 spiro atoms. The fraction of sp³-hybridized carbons (Fsp3) is 0.159.